The molecule has 1 aromatic rings. The van der Waals surface area contributed by atoms with Crippen molar-refractivity contribution in [2.75, 3.05) is 18.1 Å². The molecule has 0 aliphatic carbocycles. The first-order valence-corrected chi connectivity index (χ1v) is 5.85. The van der Waals surface area contributed by atoms with E-state index in [0.29, 0.717) is 17.0 Å². The summed E-state index contributed by atoms with van der Waals surface area (Å²) in [6, 6.07) is 5.19. The summed E-state index contributed by atoms with van der Waals surface area (Å²) in [6.07, 6.45) is 0. The predicted molar refractivity (Wildman–Crippen MR) is 66.5 cm³/mol. The number of β-amino-alcohol motifs (C(OH)–C–C–N with tert-alkyl or cyclic N) is 1. The van der Waals surface area contributed by atoms with E-state index in [1.54, 1.807) is 32.0 Å². The van der Waals surface area contributed by atoms with Gasteiger partial charge in [0.25, 0.3) is 5.91 Å². The molecule has 0 bridgehead atoms. The third kappa shape index (κ3) is 2.07. The number of benzene rings is 1. The summed E-state index contributed by atoms with van der Waals surface area (Å²) in [5.41, 5.74) is 0.357. The zero-order valence-electron chi connectivity index (χ0n) is 10.5. The van der Waals surface area contributed by atoms with Crippen molar-refractivity contribution >= 4 is 11.6 Å². The maximum atomic E-state index is 12.2. The first kappa shape index (κ1) is 12.9. The lowest BCUT2D eigenvalue weighted by Crippen LogP contribution is -2.53. The molecule has 0 saturated heterocycles. The Hall–Kier alpha value is -1.59. The zero-order valence-corrected chi connectivity index (χ0v) is 10.5. The van der Waals surface area contributed by atoms with E-state index in [1.165, 1.54) is 4.90 Å². The average Bonchev–Trinajstić information content (AvgIpc) is 2.34. The third-order valence-corrected chi connectivity index (χ3v) is 2.95. The first-order chi connectivity index (χ1) is 8.49. The molecule has 0 radical (unpaired) electrons. The van der Waals surface area contributed by atoms with Crippen LogP contribution < -0.4 is 9.64 Å². The molecule has 1 aromatic carbocycles. The highest BCUT2D eigenvalue weighted by molar-refractivity contribution is 6.02. The second-order valence-corrected chi connectivity index (χ2v) is 4.75. The number of aliphatic hydroxyl groups excluding tert-OH is 2. The van der Waals surface area contributed by atoms with Gasteiger partial charge >= 0.3 is 0 Å². The van der Waals surface area contributed by atoms with Crippen LogP contribution in [0.25, 0.3) is 0 Å². The van der Waals surface area contributed by atoms with Gasteiger partial charge in [0, 0.05) is 6.54 Å². The minimum Gasteiger partial charge on any atom is -0.476 e. The van der Waals surface area contributed by atoms with Gasteiger partial charge < -0.3 is 19.8 Å². The minimum atomic E-state index is -0.942. The molecule has 0 atom stereocenters. The second-order valence-electron chi connectivity index (χ2n) is 4.75. The van der Waals surface area contributed by atoms with E-state index in [-0.39, 0.29) is 25.7 Å². The summed E-state index contributed by atoms with van der Waals surface area (Å²) in [6.45, 7) is 3.39. The van der Waals surface area contributed by atoms with Crippen LogP contribution >= 0.6 is 0 Å². The Morgan fingerprint density at radius 3 is 2.67 bits per heavy atom. The molecule has 0 aromatic heterocycles. The largest absolute Gasteiger partial charge is 0.476 e. The van der Waals surface area contributed by atoms with Gasteiger partial charge in [-0.15, -0.1) is 0 Å². The number of nitrogens with zero attached hydrogens (tertiary/aromatic N) is 1. The van der Waals surface area contributed by atoms with Crippen LogP contribution in [0.5, 0.6) is 5.75 Å². The van der Waals surface area contributed by atoms with Gasteiger partial charge in [0.15, 0.2) is 5.60 Å². The maximum Gasteiger partial charge on any atom is 0.270 e. The van der Waals surface area contributed by atoms with Gasteiger partial charge in [-0.3, -0.25) is 4.79 Å². The Labute approximate surface area is 106 Å². The third-order valence-electron chi connectivity index (χ3n) is 2.95. The lowest BCUT2D eigenvalue weighted by molar-refractivity contribution is -0.132. The number of fused-ring (bicyclic) bond motifs is 1. The molecule has 0 fully saturated rings. The van der Waals surface area contributed by atoms with Crippen molar-refractivity contribution in [2.45, 2.75) is 26.1 Å². The van der Waals surface area contributed by atoms with Gasteiger partial charge in [-0.05, 0) is 31.5 Å². The number of carbonyl (C=O) groups excluding carboxylic acids is 1. The molecule has 2 N–H and O–H groups in total. The van der Waals surface area contributed by atoms with E-state index in [2.05, 4.69) is 0 Å². The first-order valence-electron chi connectivity index (χ1n) is 5.85. The molecule has 5 nitrogen and oxygen atoms in total. The van der Waals surface area contributed by atoms with E-state index in [4.69, 9.17) is 14.9 Å². The van der Waals surface area contributed by atoms with Crippen LogP contribution in [-0.4, -0.2) is 34.9 Å². The van der Waals surface area contributed by atoms with Gasteiger partial charge in [0.1, 0.15) is 5.75 Å². The van der Waals surface area contributed by atoms with Crippen molar-refractivity contribution in [2.24, 2.45) is 0 Å². The average molecular weight is 251 g/mol. The van der Waals surface area contributed by atoms with Crippen LogP contribution in [0.4, 0.5) is 5.69 Å². The number of hydrogen-bond donors (Lipinski definition) is 2. The molecule has 1 aliphatic rings. The highest BCUT2D eigenvalue weighted by atomic mass is 16.5. The van der Waals surface area contributed by atoms with E-state index in [1.807, 2.05) is 0 Å². The summed E-state index contributed by atoms with van der Waals surface area (Å²) in [5, 5.41) is 18.2. The van der Waals surface area contributed by atoms with Gasteiger partial charge in [-0.2, -0.15) is 0 Å². The van der Waals surface area contributed by atoms with Gasteiger partial charge in [-0.1, -0.05) is 6.07 Å². The fraction of sp³-hybridized carbons (Fsp3) is 0.462. The van der Waals surface area contributed by atoms with Crippen LogP contribution in [0.2, 0.25) is 0 Å². The van der Waals surface area contributed by atoms with Gasteiger partial charge in [0.05, 0.1) is 18.9 Å². The number of anilines is 1. The van der Waals surface area contributed by atoms with Crippen LogP contribution in [0.15, 0.2) is 18.2 Å². The maximum absolute atomic E-state index is 12.2. The van der Waals surface area contributed by atoms with Crippen molar-refractivity contribution in [1.82, 2.24) is 0 Å². The molecular formula is C13H17NO4. The molecule has 0 unspecified atom stereocenters. The lowest BCUT2D eigenvalue weighted by atomic mass is 10.0. The van der Waals surface area contributed by atoms with Crippen LogP contribution in [0.1, 0.15) is 19.4 Å². The molecule has 98 valence electrons. The topological polar surface area (TPSA) is 70.0 Å². The summed E-state index contributed by atoms with van der Waals surface area (Å²) in [4.78, 5) is 13.7. The van der Waals surface area contributed by atoms with E-state index in [0.717, 1.165) is 0 Å². The fourth-order valence-corrected chi connectivity index (χ4v) is 2.03. The smallest absolute Gasteiger partial charge is 0.270 e. The van der Waals surface area contributed by atoms with Crippen molar-refractivity contribution in [3.63, 3.8) is 0 Å². The molecule has 1 amide bonds. The van der Waals surface area contributed by atoms with Crippen molar-refractivity contribution in [1.29, 1.82) is 0 Å². The molecule has 2 rings (SSSR count). The summed E-state index contributed by atoms with van der Waals surface area (Å²) in [7, 11) is 0. The van der Waals surface area contributed by atoms with E-state index >= 15 is 0 Å². The molecule has 1 aliphatic heterocycles. The van der Waals surface area contributed by atoms with E-state index < -0.39 is 5.60 Å². The Kier molecular flexibility index (Phi) is 3.28. The van der Waals surface area contributed by atoms with Crippen molar-refractivity contribution < 1.29 is 19.7 Å². The number of ether oxygens (including phenoxy) is 1. The second kappa shape index (κ2) is 4.59. The normalized spacial score (nSPS) is 17.3. The van der Waals surface area contributed by atoms with Crippen molar-refractivity contribution in [3.05, 3.63) is 23.8 Å². The predicted octanol–water partition coefficient (Wildman–Crippen LogP) is 0.675. The number of aliphatic hydroxyl groups is 2. The Balaban J connectivity index is 2.49. The fourth-order valence-electron chi connectivity index (χ4n) is 2.03. The lowest BCUT2D eigenvalue weighted by Gasteiger charge is -2.38. The SMILES string of the molecule is CC1(C)Oc2ccc(CO)cc2N(CCO)C1=O. The van der Waals surface area contributed by atoms with Crippen LogP contribution in [-0.2, 0) is 11.4 Å². The van der Waals surface area contributed by atoms with E-state index in [9.17, 15) is 4.79 Å². The molecule has 18 heavy (non-hydrogen) atoms. The quantitative estimate of drug-likeness (QED) is 0.828. The zero-order chi connectivity index (χ0) is 13.3. The molecule has 0 spiro atoms. The standard InChI is InChI=1S/C13H17NO4/c1-13(2)12(17)14(5-6-15)10-7-9(8-16)3-4-11(10)18-13/h3-4,7,15-16H,5-6,8H2,1-2H3. The number of carbonyl (C=O) groups is 1. The van der Waals surface area contributed by atoms with Gasteiger partial charge in [-0.25, -0.2) is 0 Å². The molecule has 0 saturated carbocycles. The van der Waals surface area contributed by atoms with Crippen LogP contribution in [0.3, 0.4) is 0 Å². The highest BCUT2D eigenvalue weighted by Crippen LogP contribution is 2.38. The summed E-state index contributed by atoms with van der Waals surface area (Å²) >= 11 is 0. The van der Waals surface area contributed by atoms with Crippen molar-refractivity contribution in [3.8, 4) is 5.75 Å². The summed E-state index contributed by atoms with van der Waals surface area (Å²) < 4.78 is 5.65. The highest BCUT2D eigenvalue weighted by Gasteiger charge is 2.40. The summed E-state index contributed by atoms with van der Waals surface area (Å²) in [5.74, 6) is 0.393. The van der Waals surface area contributed by atoms with Gasteiger partial charge in [0.2, 0.25) is 0 Å². The number of amides is 1. The number of hydrogen-bond acceptors (Lipinski definition) is 4. The minimum absolute atomic E-state index is 0.0994. The molecule has 5 heteroatoms. The van der Waals surface area contributed by atoms with Crippen LogP contribution in [0, 0.1) is 0 Å². The Morgan fingerprint density at radius 2 is 2.06 bits per heavy atom. The molecular weight excluding hydrogens is 234 g/mol. The Bertz CT molecular complexity index is 470. The number of rotatable bonds is 3. The Morgan fingerprint density at radius 1 is 1.33 bits per heavy atom. The molecule has 1 heterocycles. The monoisotopic (exact) mass is 251 g/mol.